The van der Waals surface area contributed by atoms with Gasteiger partial charge in [0.1, 0.15) is 5.15 Å². The zero-order valence-corrected chi connectivity index (χ0v) is 9.67. The molecule has 3 nitrogen and oxygen atoms in total. The van der Waals surface area contributed by atoms with Crippen LogP contribution in [0.15, 0.2) is 18.2 Å². The second-order valence-corrected chi connectivity index (χ2v) is 4.43. The summed E-state index contributed by atoms with van der Waals surface area (Å²) in [7, 11) is 0. The Morgan fingerprint density at radius 3 is 3.20 bits per heavy atom. The molecular formula is C11H16ClN3. The first kappa shape index (κ1) is 10.9. The van der Waals surface area contributed by atoms with E-state index in [1.807, 2.05) is 18.2 Å². The lowest BCUT2D eigenvalue weighted by molar-refractivity contribution is 0.197. The van der Waals surface area contributed by atoms with E-state index in [0.29, 0.717) is 11.2 Å². The van der Waals surface area contributed by atoms with Gasteiger partial charge in [0.15, 0.2) is 0 Å². The number of piperazine rings is 1. The number of hydrogen-bond acceptors (Lipinski definition) is 3. The molecule has 0 saturated carbocycles. The van der Waals surface area contributed by atoms with Crippen LogP contribution in [0.3, 0.4) is 0 Å². The van der Waals surface area contributed by atoms with Crippen molar-refractivity contribution < 1.29 is 0 Å². The van der Waals surface area contributed by atoms with E-state index in [4.69, 9.17) is 11.6 Å². The van der Waals surface area contributed by atoms with Gasteiger partial charge in [0, 0.05) is 32.2 Å². The van der Waals surface area contributed by atoms with E-state index >= 15 is 0 Å². The molecular weight excluding hydrogens is 210 g/mol. The van der Waals surface area contributed by atoms with Crippen molar-refractivity contribution in [3.63, 3.8) is 0 Å². The van der Waals surface area contributed by atoms with Gasteiger partial charge in [-0.25, -0.2) is 4.98 Å². The highest BCUT2D eigenvalue weighted by Crippen LogP contribution is 2.09. The third-order valence-electron chi connectivity index (χ3n) is 2.61. The minimum Gasteiger partial charge on any atom is -0.312 e. The summed E-state index contributed by atoms with van der Waals surface area (Å²) in [5, 5.41) is 4.00. The molecule has 0 amide bonds. The molecule has 1 aliphatic heterocycles. The molecule has 0 spiro atoms. The molecule has 15 heavy (non-hydrogen) atoms. The molecule has 1 N–H and O–H groups in total. The number of aromatic nitrogens is 1. The summed E-state index contributed by atoms with van der Waals surface area (Å²) in [6, 6.07) is 6.36. The van der Waals surface area contributed by atoms with E-state index < -0.39 is 0 Å². The molecule has 2 heterocycles. The summed E-state index contributed by atoms with van der Waals surface area (Å²) < 4.78 is 0. The van der Waals surface area contributed by atoms with Gasteiger partial charge in [-0.3, -0.25) is 4.90 Å². The molecule has 0 aromatic carbocycles. The molecule has 0 radical (unpaired) electrons. The van der Waals surface area contributed by atoms with E-state index in [9.17, 15) is 0 Å². The van der Waals surface area contributed by atoms with Crippen LogP contribution < -0.4 is 5.32 Å². The highest BCUT2D eigenvalue weighted by atomic mass is 35.5. The van der Waals surface area contributed by atoms with Crippen LogP contribution in [0.2, 0.25) is 5.15 Å². The minimum absolute atomic E-state index is 0.568. The fourth-order valence-corrected chi connectivity index (χ4v) is 2.10. The van der Waals surface area contributed by atoms with E-state index in [1.54, 1.807) is 0 Å². The molecule has 0 bridgehead atoms. The normalized spacial score (nSPS) is 22.9. The van der Waals surface area contributed by atoms with Crippen LogP contribution in [0.1, 0.15) is 12.6 Å². The largest absolute Gasteiger partial charge is 0.312 e. The zero-order chi connectivity index (χ0) is 10.7. The molecule has 82 valence electrons. The average molecular weight is 226 g/mol. The number of halogens is 1. The summed E-state index contributed by atoms with van der Waals surface area (Å²) in [6.07, 6.45) is 0. The first-order valence-corrected chi connectivity index (χ1v) is 5.69. The maximum atomic E-state index is 5.85. The van der Waals surface area contributed by atoms with Crippen molar-refractivity contribution >= 4 is 11.6 Å². The Morgan fingerprint density at radius 2 is 2.47 bits per heavy atom. The number of nitrogens with zero attached hydrogens (tertiary/aromatic N) is 2. The van der Waals surface area contributed by atoms with Crippen molar-refractivity contribution in [1.29, 1.82) is 0 Å². The highest BCUT2D eigenvalue weighted by Gasteiger charge is 2.15. The van der Waals surface area contributed by atoms with Gasteiger partial charge < -0.3 is 5.32 Å². The predicted molar refractivity (Wildman–Crippen MR) is 62.0 cm³/mol. The molecule has 1 aromatic rings. The lowest BCUT2D eigenvalue weighted by atomic mass is 10.2. The average Bonchev–Trinajstić information content (AvgIpc) is 2.17. The summed E-state index contributed by atoms with van der Waals surface area (Å²) >= 11 is 5.85. The monoisotopic (exact) mass is 225 g/mol. The van der Waals surface area contributed by atoms with E-state index in [1.165, 1.54) is 0 Å². The molecule has 1 saturated heterocycles. The summed E-state index contributed by atoms with van der Waals surface area (Å²) in [5.74, 6) is 0. The van der Waals surface area contributed by atoms with Crippen molar-refractivity contribution in [2.24, 2.45) is 0 Å². The van der Waals surface area contributed by atoms with Crippen LogP contribution >= 0.6 is 11.6 Å². The van der Waals surface area contributed by atoms with Crippen LogP contribution in [0.5, 0.6) is 0 Å². The van der Waals surface area contributed by atoms with Gasteiger partial charge in [0.25, 0.3) is 0 Å². The lowest BCUT2D eigenvalue weighted by Crippen LogP contribution is -2.48. The van der Waals surface area contributed by atoms with Gasteiger partial charge in [0.05, 0.1) is 5.69 Å². The van der Waals surface area contributed by atoms with Gasteiger partial charge >= 0.3 is 0 Å². The zero-order valence-electron chi connectivity index (χ0n) is 8.91. The van der Waals surface area contributed by atoms with Gasteiger partial charge in [0.2, 0.25) is 0 Å². The maximum absolute atomic E-state index is 5.85. The van der Waals surface area contributed by atoms with Crippen LogP contribution in [-0.2, 0) is 6.54 Å². The quantitative estimate of drug-likeness (QED) is 0.774. The Balaban J connectivity index is 1.96. The second kappa shape index (κ2) is 4.92. The van der Waals surface area contributed by atoms with E-state index in [-0.39, 0.29) is 0 Å². The molecule has 0 aliphatic carbocycles. The van der Waals surface area contributed by atoms with Crippen LogP contribution in [0.4, 0.5) is 0 Å². The fourth-order valence-electron chi connectivity index (χ4n) is 1.92. The van der Waals surface area contributed by atoms with Crippen molar-refractivity contribution in [3.05, 3.63) is 29.0 Å². The van der Waals surface area contributed by atoms with Gasteiger partial charge in [-0.2, -0.15) is 0 Å². The van der Waals surface area contributed by atoms with Crippen molar-refractivity contribution in [2.75, 3.05) is 19.6 Å². The summed E-state index contributed by atoms with van der Waals surface area (Å²) in [6.45, 7) is 6.32. The number of hydrogen-bond donors (Lipinski definition) is 1. The van der Waals surface area contributed by atoms with Crippen LogP contribution in [-0.4, -0.2) is 35.6 Å². The Bertz CT molecular complexity index is 329. The van der Waals surface area contributed by atoms with Gasteiger partial charge in [-0.05, 0) is 19.1 Å². The molecule has 1 atom stereocenters. The van der Waals surface area contributed by atoms with E-state index in [0.717, 1.165) is 31.9 Å². The van der Waals surface area contributed by atoms with Crippen molar-refractivity contribution in [3.8, 4) is 0 Å². The van der Waals surface area contributed by atoms with Gasteiger partial charge in [-0.1, -0.05) is 17.7 Å². The molecule has 1 aliphatic rings. The van der Waals surface area contributed by atoms with Crippen molar-refractivity contribution in [2.45, 2.75) is 19.5 Å². The molecule has 4 heteroatoms. The van der Waals surface area contributed by atoms with Crippen molar-refractivity contribution in [1.82, 2.24) is 15.2 Å². The molecule has 1 fully saturated rings. The Morgan fingerprint density at radius 1 is 1.60 bits per heavy atom. The minimum atomic E-state index is 0.568. The Kier molecular flexibility index (Phi) is 3.57. The smallest absolute Gasteiger partial charge is 0.129 e. The Hall–Kier alpha value is -0.640. The first-order valence-electron chi connectivity index (χ1n) is 5.31. The van der Waals surface area contributed by atoms with Gasteiger partial charge in [-0.15, -0.1) is 0 Å². The molecule has 0 unspecified atom stereocenters. The van der Waals surface area contributed by atoms with Crippen LogP contribution in [0, 0.1) is 0 Å². The molecule has 1 aromatic heterocycles. The maximum Gasteiger partial charge on any atom is 0.129 e. The van der Waals surface area contributed by atoms with E-state index in [2.05, 4.69) is 22.1 Å². The third-order valence-corrected chi connectivity index (χ3v) is 2.82. The number of pyridine rings is 1. The summed E-state index contributed by atoms with van der Waals surface area (Å²) in [4.78, 5) is 6.70. The topological polar surface area (TPSA) is 28.2 Å². The SMILES string of the molecule is C[C@@H]1CN(Cc2cccc(Cl)n2)CCN1. The summed E-state index contributed by atoms with van der Waals surface area (Å²) in [5.41, 5.74) is 1.05. The third kappa shape index (κ3) is 3.16. The molecule has 2 rings (SSSR count). The fraction of sp³-hybridized carbons (Fsp3) is 0.545. The standard InChI is InChI=1S/C11H16ClN3/c1-9-7-15(6-5-13-9)8-10-3-2-4-11(12)14-10/h2-4,9,13H,5-8H2,1H3/t9-/m1/s1. The first-order chi connectivity index (χ1) is 7.24. The lowest BCUT2D eigenvalue weighted by Gasteiger charge is -2.31. The second-order valence-electron chi connectivity index (χ2n) is 4.04. The highest BCUT2D eigenvalue weighted by molar-refractivity contribution is 6.29. The number of rotatable bonds is 2. The van der Waals surface area contributed by atoms with Crippen LogP contribution in [0.25, 0.3) is 0 Å². The Labute approximate surface area is 95.4 Å². The predicted octanol–water partition coefficient (Wildman–Crippen LogP) is 1.53. The number of nitrogens with one attached hydrogen (secondary N) is 1.